The van der Waals surface area contributed by atoms with E-state index in [1.807, 2.05) is 31.6 Å². The van der Waals surface area contributed by atoms with E-state index < -0.39 is 11.6 Å². The summed E-state index contributed by atoms with van der Waals surface area (Å²) in [5.74, 6) is -0.851. The number of benzene rings is 1. The van der Waals surface area contributed by atoms with Gasteiger partial charge in [0.25, 0.3) is 0 Å². The lowest BCUT2D eigenvalue weighted by atomic mass is 10.2. The molecule has 1 aromatic heterocycles. The van der Waals surface area contributed by atoms with Crippen molar-refractivity contribution < 1.29 is 8.78 Å². The standard InChI is InChI=1S/C14H17F2N3/c1-9(2)19-8-14(10(3)18-19)17-7-11-6-12(15)4-5-13(11)16/h4-6,8-9,17H,7H2,1-3H3. The van der Waals surface area contributed by atoms with Gasteiger partial charge in [-0.05, 0) is 39.0 Å². The number of aryl methyl sites for hydroxylation is 1. The smallest absolute Gasteiger partial charge is 0.128 e. The summed E-state index contributed by atoms with van der Waals surface area (Å²) in [6.45, 7) is 6.17. The minimum Gasteiger partial charge on any atom is -0.378 e. The Morgan fingerprint density at radius 3 is 2.68 bits per heavy atom. The van der Waals surface area contributed by atoms with Gasteiger partial charge in [0.05, 0.1) is 11.4 Å². The molecule has 0 unspecified atom stereocenters. The average Bonchev–Trinajstić information content (AvgIpc) is 2.72. The Morgan fingerprint density at radius 2 is 2.05 bits per heavy atom. The van der Waals surface area contributed by atoms with E-state index in [1.54, 1.807) is 0 Å². The molecule has 2 rings (SSSR count). The van der Waals surface area contributed by atoms with Gasteiger partial charge in [-0.2, -0.15) is 5.10 Å². The minimum absolute atomic E-state index is 0.230. The largest absolute Gasteiger partial charge is 0.378 e. The Labute approximate surface area is 111 Å². The van der Waals surface area contributed by atoms with Gasteiger partial charge >= 0.3 is 0 Å². The van der Waals surface area contributed by atoms with Gasteiger partial charge in [0.15, 0.2) is 0 Å². The van der Waals surface area contributed by atoms with Crippen molar-refractivity contribution in [3.63, 3.8) is 0 Å². The molecule has 0 fully saturated rings. The van der Waals surface area contributed by atoms with Gasteiger partial charge < -0.3 is 5.32 Å². The van der Waals surface area contributed by atoms with Crippen LogP contribution in [0.1, 0.15) is 31.1 Å². The first kappa shape index (κ1) is 13.5. The lowest BCUT2D eigenvalue weighted by Gasteiger charge is -2.06. The first-order valence-corrected chi connectivity index (χ1v) is 6.21. The van der Waals surface area contributed by atoms with Gasteiger partial charge in [-0.3, -0.25) is 4.68 Å². The van der Waals surface area contributed by atoms with Crippen molar-refractivity contribution in [2.45, 2.75) is 33.4 Å². The summed E-state index contributed by atoms with van der Waals surface area (Å²) in [7, 11) is 0. The van der Waals surface area contributed by atoms with Gasteiger partial charge in [-0.25, -0.2) is 8.78 Å². The van der Waals surface area contributed by atoms with Crippen LogP contribution in [-0.2, 0) is 6.54 Å². The van der Waals surface area contributed by atoms with Crippen molar-refractivity contribution in [1.29, 1.82) is 0 Å². The van der Waals surface area contributed by atoms with Crippen LogP contribution < -0.4 is 5.32 Å². The number of halogens is 2. The Kier molecular flexibility index (Phi) is 3.83. The minimum atomic E-state index is -0.437. The summed E-state index contributed by atoms with van der Waals surface area (Å²) in [6, 6.07) is 3.71. The molecular formula is C14H17F2N3. The highest BCUT2D eigenvalue weighted by atomic mass is 19.1. The van der Waals surface area contributed by atoms with Crippen LogP contribution in [0.3, 0.4) is 0 Å². The van der Waals surface area contributed by atoms with Crippen molar-refractivity contribution >= 4 is 5.69 Å². The van der Waals surface area contributed by atoms with Gasteiger partial charge in [0.2, 0.25) is 0 Å². The van der Waals surface area contributed by atoms with E-state index in [2.05, 4.69) is 10.4 Å². The van der Waals surface area contributed by atoms with Crippen LogP contribution in [0.25, 0.3) is 0 Å². The molecule has 0 radical (unpaired) electrons. The molecule has 0 aliphatic carbocycles. The normalized spacial score (nSPS) is 11.1. The zero-order valence-corrected chi connectivity index (χ0v) is 11.2. The molecular weight excluding hydrogens is 248 g/mol. The number of nitrogens with one attached hydrogen (secondary N) is 1. The second kappa shape index (κ2) is 5.38. The zero-order chi connectivity index (χ0) is 14.0. The Bertz CT molecular complexity index is 576. The molecule has 1 aromatic carbocycles. The molecule has 0 amide bonds. The van der Waals surface area contributed by atoms with Crippen molar-refractivity contribution in [2.75, 3.05) is 5.32 Å². The van der Waals surface area contributed by atoms with E-state index in [-0.39, 0.29) is 12.6 Å². The first-order valence-electron chi connectivity index (χ1n) is 6.21. The van der Waals surface area contributed by atoms with E-state index >= 15 is 0 Å². The van der Waals surface area contributed by atoms with E-state index in [0.717, 1.165) is 23.5 Å². The van der Waals surface area contributed by atoms with Crippen LogP contribution in [0.5, 0.6) is 0 Å². The fourth-order valence-electron chi connectivity index (χ4n) is 1.79. The molecule has 0 spiro atoms. The third-order valence-corrected chi connectivity index (χ3v) is 2.92. The average molecular weight is 265 g/mol. The van der Waals surface area contributed by atoms with Crippen molar-refractivity contribution in [1.82, 2.24) is 9.78 Å². The summed E-state index contributed by atoms with van der Waals surface area (Å²) < 4.78 is 28.4. The van der Waals surface area contributed by atoms with Crippen LogP contribution in [0.15, 0.2) is 24.4 Å². The summed E-state index contributed by atoms with van der Waals surface area (Å²) in [6.07, 6.45) is 1.87. The fourth-order valence-corrected chi connectivity index (χ4v) is 1.79. The molecule has 19 heavy (non-hydrogen) atoms. The summed E-state index contributed by atoms with van der Waals surface area (Å²) >= 11 is 0. The molecule has 5 heteroatoms. The van der Waals surface area contributed by atoms with Crippen molar-refractivity contribution in [2.24, 2.45) is 0 Å². The second-order valence-electron chi connectivity index (χ2n) is 4.79. The van der Waals surface area contributed by atoms with E-state index in [0.29, 0.717) is 5.56 Å². The maximum absolute atomic E-state index is 13.5. The molecule has 3 nitrogen and oxygen atoms in total. The Morgan fingerprint density at radius 1 is 1.32 bits per heavy atom. The highest BCUT2D eigenvalue weighted by molar-refractivity contribution is 5.46. The van der Waals surface area contributed by atoms with Crippen LogP contribution in [0.4, 0.5) is 14.5 Å². The molecule has 1 heterocycles. The molecule has 1 N–H and O–H groups in total. The molecule has 102 valence electrons. The van der Waals surface area contributed by atoms with Gasteiger partial charge in [0, 0.05) is 24.3 Å². The first-order chi connectivity index (χ1) is 8.97. The fraction of sp³-hybridized carbons (Fsp3) is 0.357. The number of nitrogens with zero attached hydrogens (tertiary/aromatic N) is 2. The number of aromatic nitrogens is 2. The van der Waals surface area contributed by atoms with Crippen LogP contribution in [-0.4, -0.2) is 9.78 Å². The van der Waals surface area contributed by atoms with Crippen molar-refractivity contribution in [3.05, 3.63) is 47.3 Å². The molecule has 0 aliphatic rings. The lowest BCUT2D eigenvalue weighted by molar-refractivity contribution is 0.529. The molecule has 0 bridgehead atoms. The van der Waals surface area contributed by atoms with E-state index in [1.165, 1.54) is 6.07 Å². The lowest BCUT2D eigenvalue weighted by Crippen LogP contribution is -2.03. The van der Waals surface area contributed by atoms with Gasteiger partial charge in [-0.1, -0.05) is 0 Å². The van der Waals surface area contributed by atoms with E-state index in [4.69, 9.17) is 0 Å². The Balaban J connectivity index is 2.12. The molecule has 0 saturated heterocycles. The topological polar surface area (TPSA) is 29.9 Å². The maximum atomic E-state index is 13.5. The quantitative estimate of drug-likeness (QED) is 0.914. The highest BCUT2D eigenvalue weighted by Gasteiger charge is 2.08. The SMILES string of the molecule is Cc1nn(C(C)C)cc1NCc1cc(F)ccc1F. The summed E-state index contributed by atoms with van der Waals surface area (Å²) in [5.41, 5.74) is 1.97. The van der Waals surface area contributed by atoms with Crippen LogP contribution in [0, 0.1) is 18.6 Å². The summed E-state index contributed by atoms with van der Waals surface area (Å²) in [4.78, 5) is 0. The molecule has 0 atom stereocenters. The third-order valence-electron chi connectivity index (χ3n) is 2.92. The second-order valence-corrected chi connectivity index (χ2v) is 4.79. The number of anilines is 1. The van der Waals surface area contributed by atoms with Crippen LogP contribution in [0.2, 0.25) is 0 Å². The maximum Gasteiger partial charge on any atom is 0.128 e. The third kappa shape index (κ3) is 3.10. The molecule has 0 saturated carbocycles. The number of hydrogen-bond acceptors (Lipinski definition) is 2. The number of hydrogen-bond donors (Lipinski definition) is 1. The predicted molar refractivity (Wildman–Crippen MR) is 71.0 cm³/mol. The monoisotopic (exact) mass is 265 g/mol. The van der Waals surface area contributed by atoms with Gasteiger partial charge in [0.1, 0.15) is 11.6 Å². The summed E-state index contributed by atoms with van der Waals surface area (Å²) in [5, 5.41) is 7.43. The predicted octanol–water partition coefficient (Wildman–Crippen LogP) is 3.66. The van der Waals surface area contributed by atoms with E-state index in [9.17, 15) is 8.78 Å². The molecule has 0 aliphatic heterocycles. The highest BCUT2D eigenvalue weighted by Crippen LogP contribution is 2.18. The Hall–Kier alpha value is -1.91. The van der Waals surface area contributed by atoms with Gasteiger partial charge in [-0.15, -0.1) is 0 Å². The van der Waals surface area contributed by atoms with Crippen molar-refractivity contribution in [3.8, 4) is 0 Å². The van der Waals surface area contributed by atoms with Crippen LogP contribution >= 0.6 is 0 Å². The zero-order valence-electron chi connectivity index (χ0n) is 11.2. The molecule has 2 aromatic rings. The number of rotatable bonds is 4.